The van der Waals surface area contributed by atoms with E-state index in [0.29, 0.717) is 12.3 Å². The summed E-state index contributed by atoms with van der Waals surface area (Å²) in [4.78, 5) is 0. The number of rotatable bonds is 3. The minimum Gasteiger partial charge on any atom is -1.00 e. The van der Waals surface area contributed by atoms with Crippen LogP contribution in [-0.4, -0.2) is 17.9 Å². The van der Waals surface area contributed by atoms with Crippen LogP contribution < -0.4 is 24.3 Å². The van der Waals surface area contributed by atoms with Crippen LogP contribution in [0.4, 0.5) is 13.2 Å². The van der Waals surface area contributed by atoms with Crippen molar-refractivity contribution in [3.05, 3.63) is 0 Å². The number of nitriles is 1. The Bertz CT molecular complexity index is 325. The molecule has 0 aromatic heterocycles. The van der Waals surface area contributed by atoms with Crippen LogP contribution in [-0.2, 0) is 0 Å². The molecule has 1 aliphatic rings. The van der Waals surface area contributed by atoms with E-state index >= 15 is 0 Å². The fraction of sp³-hybridized carbons (Fsp3) is 0.800. The monoisotopic (exact) mass is 241 g/mol. The summed E-state index contributed by atoms with van der Waals surface area (Å²) >= 11 is 0. The van der Waals surface area contributed by atoms with Crippen molar-refractivity contribution in [1.29, 1.82) is 5.26 Å². The van der Waals surface area contributed by atoms with E-state index in [1.807, 2.05) is 13.8 Å². The summed E-state index contributed by atoms with van der Waals surface area (Å²) in [5.41, 5.74) is 1.42. The van der Waals surface area contributed by atoms with Gasteiger partial charge in [-0.2, -0.15) is 23.5 Å². The summed E-state index contributed by atoms with van der Waals surface area (Å²) in [5, 5.41) is 12.0. The fourth-order valence-corrected chi connectivity index (χ4v) is 1.62. The second kappa shape index (κ2) is 6.33. The number of hydrazone groups is 1. The smallest absolute Gasteiger partial charge is 1.00 e. The van der Waals surface area contributed by atoms with Crippen molar-refractivity contribution in [3.8, 4) is 6.07 Å². The van der Waals surface area contributed by atoms with Gasteiger partial charge in [-0.05, 0) is 18.8 Å². The average molecular weight is 241 g/mol. The minimum atomic E-state index is -4.51. The van der Waals surface area contributed by atoms with Gasteiger partial charge in [-0.15, -0.1) is 0 Å². The molecule has 0 bridgehead atoms. The van der Waals surface area contributed by atoms with Gasteiger partial charge < -0.3 is 6.85 Å². The maximum atomic E-state index is 12.4. The largest absolute Gasteiger partial charge is 1.00 e. The summed E-state index contributed by atoms with van der Waals surface area (Å²) in [6, 6.07) is 1.17. The van der Waals surface area contributed by atoms with Gasteiger partial charge in [-0.1, -0.05) is 13.8 Å². The van der Waals surface area contributed by atoms with Crippen molar-refractivity contribution >= 4 is 5.71 Å². The standard InChI is InChI=1S/C10H14F3N3.Li.H/c1-6(2)3-4-8-7(5-14)9(16-15-8)10(11,12)13;;/h6-8,15H,3-4H2,1-2H3;;/q;+1;-1. The van der Waals surface area contributed by atoms with Crippen molar-refractivity contribution < 1.29 is 33.5 Å². The van der Waals surface area contributed by atoms with E-state index in [1.165, 1.54) is 0 Å². The molecular weight excluding hydrogens is 226 g/mol. The Morgan fingerprint density at radius 1 is 1.53 bits per heavy atom. The van der Waals surface area contributed by atoms with Gasteiger partial charge in [0.1, 0.15) is 5.92 Å². The zero-order valence-electron chi connectivity index (χ0n) is 11.2. The van der Waals surface area contributed by atoms with Gasteiger partial charge in [0.2, 0.25) is 0 Å². The maximum Gasteiger partial charge on any atom is 1.00 e. The second-order valence-electron chi connectivity index (χ2n) is 4.31. The Kier molecular flexibility index (Phi) is 6.08. The molecule has 92 valence electrons. The van der Waals surface area contributed by atoms with E-state index in [0.717, 1.165) is 6.42 Å². The zero-order chi connectivity index (χ0) is 12.3. The summed E-state index contributed by atoms with van der Waals surface area (Å²) in [5.74, 6) is -0.783. The van der Waals surface area contributed by atoms with Crippen LogP contribution in [0.1, 0.15) is 28.1 Å². The molecule has 17 heavy (non-hydrogen) atoms. The third-order valence-corrected chi connectivity index (χ3v) is 2.53. The molecule has 2 unspecified atom stereocenters. The predicted molar refractivity (Wildman–Crippen MR) is 54.7 cm³/mol. The molecule has 1 aliphatic heterocycles. The van der Waals surface area contributed by atoms with Crippen LogP contribution in [0.3, 0.4) is 0 Å². The topological polar surface area (TPSA) is 48.2 Å². The van der Waals surface area contributed by atoms with Crippen LogP contribution in [0.2, 0.25) is 0 Å². The zero-order valence-corrected chi connectivity index (χ0v) is 10.2. The van der Waals surface area contributed by atoms with Crippen molar-refractivity contribution in [2.45, 2.75) is 38.9 Å². The molecule has 0 saturated heterocycles. The molecule has 2 atom stereocenters. The minimum absolute atomic E-state index is 0. The molecular formula is C10H15F3LiN3. The van der Waals surface area contributed by atoms with Crippen LogP contribution in [0.25, 0.3) is 0 Å². The molecule has 7 heteroatoms. The Labute approximate surface area is 112 Å². The molecule has 1 heterocycles. The molecule has 0 aromatic carbocycles. The van der Waals surface area contributed by atoms with E-state index in [-0.39, 0.29) is 20.3 Å². The number of alkyl halides is 3. The number of halogens is 3. The van der Waals surface area contributed by atoms with Crippen LogP contribution in [0.15, 0.2) is 5.10 Å². The third-order valence-electron chi connectivity index (χ3n) is 2.53. The van der Waals surface area contributed by atoms with E-state index in [4.69, 9.17) is 5.26 Å². The van der Waals surface area contributed by atoms with Gasteiger partial charge >= 0.3 is 25.0 Å². The van der Waals surface area contributed by atoms with E-state index in [2.05, 4.69) is 10.5 Å². The molecule has 1 N–H and O–H groups in total. The van der Waals surface area contributed by atoms with Crippen molar-refractivity contribution in [2.24, 2.45) is 16.9 Å². The van der Waals surface area contributed by atoms with Gasteiger partial charge in [0.05, 0.1) is 12.1 Å². The number of hydrogen-bond donors (Lipinski definition) is 1. The first-order valence-corrected chi connectivity index (χ1v) is 5.16. The molecule has 0 radical (unpaired) electrons. The summed E-state index contributed by atoms with van der Waals surface area (Å²) < 4.78 is 37.3. The normalized spacial score (nSPS) is 23.7. The first-order valence-electron chi connectivity index (χ1n) is 5.16. The molecule has 3 nitrogen and oxygen atoms in total. The Morgan fingerprint density at radius 2 is 2.12 bits per heavy atom. The molecule has 0 amide bonds. The van der Waals surface area contributed by atoms with Crippen LogP contribution >= 0.6 is 0 Å². The Hall–Kier alpha value is -0.653. The predicted octanol–water partition coefficient (Wildman–Crippen LogP) is -0.431. The van der Waals surface area contributed by atoms with Gasteiger partial charge in [-0.3, -0.25) is 0 Å². The van der Waals surface area contributed by atoms with Gasteiger partial charge in [0, 0.05) is 0 Å². The number of nitrogens with zero attached hydrogens (tertiary/aromatic N) is 2. The van der Waals surface area contributed by atoms with E-state index in [1.54, 1.807) is 6.07 Å². The number of hydrogen-bond acceptors (Lipinski definition) is 3. The fourth-order valence-electron chi connectivity index (χ4n) is 1.62. The Balaban J connectivity index is 0. The molecule has 1 rings (SSSR count). The Morgan fingerprint density at radius 3 is 2.53 bits per heavy atom. The number of nitrogens with one attached hydrogen (secondary N) is 1. The van der Waals surface area contributed by atoms with E-state index in [9.17, 15) is 13.2 Å². The summed E-state index contributed by atoms with van der Waals surface area (Å²) in [7, 11) is 0. The summed E-state index contributed by atoms with van der Waals surface area (Å²) in [6.07, 6.45) is -3.21. The van der Waals surface area contributed by atoms with Crippen molar-refractivity contribution in [3.63, 3.8) is 0 Å². The van der Waals surface area contributed by atoms with E-state index < -0.39 is 23.8 Å². The first-order chi connectivity index (χ1) is 7.36. The molecule has 0 saturated carbocycles. The van der Waals surface area contributed by atoms with Gasteiger partial charge in [-0.25, -0.2) is 0 Å². The van der Waals surface area contributed by atoms with Crippen LogP contribution in [0.5, 0.6) is 0 Å². The summed E-state index contributed by atoms with van der Waals surface area (Å²) in [6.45, 7) is 3.98. The van der Waals surface area contributed by atoms with Gasteiger partial charge in [0.15, 0.2) is 5.71 Å². The average Bonchev–Trinajstić information content (AvgIpc) is 2.56. The molecule has 0 fully saturated rings. The first kappa shape index (κ1) is 16.3. The van der Waals surface area contributed by atoms with Crippen molar-refractivity contribution in [1.82, 2.24) is 5.43 Å². The third kappa shape index (κ3) is 4.26. The molecule has 0 aromatic rings. The van der Waals surface area contributed by atoms with Crippen LogP contribution in [0, 0.1) is 23.2 Å². The van der Waals surface area contributed by atoms with Gasteiger partial charge in [0.25, 0.3) is 0 Å². The SMILES string of the molecule is CC(C)CCC1NN=C(C(F)(F)F)C1C#N.[H-].[Li+]. The molecule has 0 spiro atoms. The molecule has 0 aliphatic carbocycles. The maximum absolute atomic E-state index is 12.4. The second-order valence-corrected chi connectivity index (χ2v) is 4.31. The van der Waals surface area contributed by atoms with Crippen molar-refractivity contribution in [2.75, 3.05) is 0 Å². The quantitative estimate of drug-likeness (QED) is 0.681.